The molecule has 2 fully saturated rings. The predicted octanol–water partition coefficient (Wildman–Crippen LogP) is 3.33. The first kappa shape index (κ1) is 15.1. The first-order valence-electron chi connectivity index (χ1n) is 7.68. The van der Waals surface area contributed by atoms with E-state index in [1.807, 2.05) is 46.8 Å². The SMILES string of the molecule is Cc1cccc(OC(=O)C23CCC(C)(C(=O)O2)C3(C)C)c1C. The van der Waals surface area contributed by atoms with Crippen LogP contribution >= 0.6 is 0 Å². The van der Waals surface area contributed by atoms with E-state index in [2.05, 4.69) is 0 Å². The third kappa shape index (κ3) is 1.58. The Hall–Kier alpha value is -1.84. The average Bonchev–Trinajstić information content (AvgIpc) is 2.74. The molecule has 1 aliphatic heterocycles. The van der Waals surface area contributed by atoms with Gasteiger partial charge in [0.2, 0.25) is 5.60 Å². The molecule has 0 aromatic heterocycles. The van der Waals surface area contributed by atoms with E-state index < -0.39 is 22.4 Å². The van der Waals surface area contributed by atoms with Crippen molar-refractivity contribution < 1.29 is 19.1 Å². The van der Waals surface area contributed by atoms with E-state index in [1.54, 1.807) is 6.07 Å². The molecule has 118 valence electrons. The van der Waals surface area contributed by atoms with Crippen LogP contribution in [0.15, 0.2) is 18.2 Å². The smallest absolute Gasteiger partial charge is 0.356 e. The summed E-state index contributed by atoms with van der Waals surface area (Å²) in [5, 5.41) is 0. The summed E-state index contributed by atoms with van der Waals surface area (Å²) in [5.74, 6) is -0.214. The van der Waals surface area contributed by atoms with Crippen LogP contribution in [0.5, 0.6) is 5.75 Å². The molecule has 1 saturated carbocycles. The van der Waals surface area contributed by atoms with Crippen molar-refractivity contribution in [1.82, 2.24) is 0 Å². The van der Waals surface area contributed by atoms with Crippen LogP contribution in [-0.2, 0) is 14.3 Å². The molecule has 4 nitrogen and oxygen atoms in total. The first-order valence-corrected chi connectivity index (χ1v) is 7.68. The highest BCUT2D eigenvalue weighted by molar-refractivity contribution is 5.94. The fourth-order valence-electron chi connectivity index (χ4n) is 3.72. The maximum Gasteiger partial charge on any atom is 0.356 e. The number of benzene rings is 1. The number of fused-ring (bicyclic) bond motifs is 2. The molecule has 2 aliphatic rings. The number of hydrogen-bond acceptors (Lipinski definition) is 4. The molecule has 0 N–H and O–H groups in total. The Morgan fingerprint density at radius 1 is 1.18 bits per heavy atom. The normalized spacial score (nSPS) is 32.0. The van der Waals surface area contributed by atoms with Crippen molar-refractivity contribution >= 4 is 11.9 Å². The molecule has 1 aromatic carbocycles. The molecule has 1 heterocycles. The lowest BCUT2D eigenvalue weighted by Gasteiger charge is -2.34. The van der Waals surface area contributed by atoms with E-state index in [9.17, 15) is 9.59 Å². The summed E-state index contributed by atoms with van der Waals surface area (Å²) in [6.07, 6.45) is 1.17. The summed E-state index contributed by atoms with van der Waals surface area (Å²) in [6, 6.07) is 5.60. The molecule has 4 heteroatoms. The van der Waals surface area contributed by atoms with Crippen molar-refractivity contribution in [3.8, 4) is 5.75 Å². The zero-order valence-corrected chi connectivity index (χ0v) is 13.8. The molecule has 2 unspecified atom stereocenters. The van der Waals surface area contributed by atoms with Crippen LogP contribution in [0.4, 0.5) is 0 Å². The number of hydrogen-bond donors (Lipinski definition) is 0. The number of ether oxygens (including phenoxy) is 2. The van der Waals surface area contributed by atoms with E-state index in [0.29, 0.717) is 18.6 Å². The molecule has 1 aromatic rings. The molecule has 1 aliphatic carbocycles. The molecule has 1 saturated heterocycles. The highest BCUT2D eigenvalue weighted by atomic mass is 16.6. The number of rotatable bonds is 2. The minimum absolute atomic E-state index is 0.290. The zero-order valence-electron chi connectivity index (χ0n) is 13.8. The third-order valence-electron chi connectivity index (χ3n) is 6.17. The molecule has 2 bridgehead atoms. The summed E-state index contributed by atoms with van der Waals surface area (Å²) in [6.45, 7) is 9.62. The van der Waals surface area contributed by atoms with Gasteiger partial charge >= 0.3 is 11.9 Å². The van der Waals surface area contributed by atoms with E-state index in [0.717, 1.165) is 11.1 Å². The molecular weight excluding hydrogens is 280 g/mol. The lowest BCUT2D eigenvalue weighted by atomic mass is 9.66. The summed E-state index contributed by atoms with van der Waals surface area (Å²) in [5.41, 5.74) is -0.383. The Morgan fingerprint density at radius 2 is 1.86 bits per heavy atom. The van der Waals surface area contributed by atoms with Gasteiger partial charge in [0.1, 0.15) is 5.75 Å². The summed E-state index contributed by atoms with van der Waals surface area (Å²) in [4.78, 5) is 25.1. The van der Waals surface area contributed by atoms with Crippen LogP contribution in [0.1, 0.15) is 44.7 Å². The Balaban J connectivity index is 1.96. The Labute approximate surface area is 130 Å². The van der Waals surface area contributed by atoms with Gasteiger partial charge in [0.05, 0.1) is 5.41 Å². The minimum Gasteiger partial charge on any atom is -0.446 e. The van der Waals surface area contributed by atoms with Gasteiger partial charge in [0.25, 0.3) is 0 Å². The van der Waals surface area contributed by atoms with Gasteiger partial charge in [-0.25, -0.2) is 4.79 Å². The largest absolute Gasteiger partial charge is 0.446 e. The Morgan fingerprint density at radius 3 is 2.41 bits per heavy atom. The van der Waals surface area contributed by atoms with Gasteiger partial charge in [-0.1, -0.05) is 26.0 Å². The average molecular weight is 302 g/mol. The van der Waals surface area contributed by atoms with Crippen LogP contribution in [0.3, 0.4) is 0 Å². The van der Waals surface area contributed by atoms with Gasteiger partial charge in [-0.05, 0) is 50.8 Å². The fraction of sp³-hybridized carbons (Fsp3) is 0.556. The number of carbonyl (C=O) groups excluding carboxylic acids is 2. The lowest BCUT2D eigenvalue weighted by Crippen LogP contribution is -2.50. The van der Waals surface area contributed by atoms with Gasteiger partial charge in [-0.15, -0.1) is 0 Å². The zero-order chi connectivity index (χ0) is 16.3. The fourth-order valence-corrected chi connectivity index (χ4v) is 3.72. The molecule has 0 radical (unpaired) electrons. The highest BCUT2D eigenvalue weighted by Gasteiger charge is 2.76. The topological polar surface area (TPSA) is 52.6 Å². The number of aryl methyl sites for hydroxylation is 1. The number of esters is 2. The molecule has 2 atom stereocenters. The van der Waals surface area contributed by atoms with Crippen LogP contribution in [0.2, 0.25) is 0 Å². The van der Waals surface area contributed by atoms with Gasteiger partial charge in [0.15, 0.2) is 0 Å². The van der Waals surface area contributed by atoms with Crippen molar-refractivity contribution in [2.75, 3.05) is 0 Å². The van der Waals surface area contributed by atoms with E-state index in [1.165, 1.54) is 0 Å². The van der Waals surface area contributed by atoms with E-state index >= 15 is 0 Å². The highest BCUT2D eigenvalue weighted by Crippen LogP contribution is 2.65. The molecule has 0 spiro atoms. The van der Waals surface area contributed by atoms with E-state index in [-0.39, 0.29) is 5.97 Å². The maximum absolute atomic E-state index is 12.9. The Bertz CT molecular complexity index is 676. The van der Waals surface area contributed by atoms with Gasteiger partial charge < -0.3 is 9.47 Å². The van der Waals surface area contributed by atoms with Crippen molar-refractivity contribution in [2.24, 2.45) is 10.8 Å². The monoisotopic (exact) mass is 302 g/mol. The predicted molar refractivity (Wildman–Crippen MR) is 81.5 cm³/mol. The van der Waals surface area contributed by atoms with E-state index in [4.69, 9.17) is 9.47 Å². The number of carbonyl (C=O) groups is 2. The molecule has 22 heavy (non-hydrogen) atoms. The molecule has 0 amide bonds. The van der Waals surface area contributed by atoms with Gasteiger partial charge in [-0.3, -0.25) is 4.79 Å². The van der Waals surface area contributed by atoms with Crippen molar-refractivity contribution in [3.63, 3.8) is 0 Å². The van der Waals surface area contributed by atoms with Crippen LogP contribution in [-0.4, -0.2) is 17.5 Å². The van der Waals surface area contributed by atoms with Crippen molar-refractivity contribution in [3.05, 3.63) is 29.3 Å². The van der Waals surface area contributed by atoms with Crippen molar-refractivity contribution in [1.29, 1.82) is 0 Å². The van der Waals surface area contributed by atoms with Crippen LogP contribution in [0.25, 0.3) is 0 Å². The molecular formula is C18H22O4. The van der Waals surface area contributed by atoms with Crippen LogP contribution in [0, 0.1) is 24.7 Å². The second-order valence-corrected chi connectivity index (χ2v) is 7.26. The van der Waals surface area contributed by atoms with Crippen molar-refractivity contribution in [2.45, 2.75) is 53.1 Å². The maximum atomic E-state index is 12.9. The van der Waals surface area contributed by atoms with Gasteiger partial charge in [0, 0.05) is 5.41 Å². The molecule has 3 rings (SSSR count). The summed E-state index contributed by atoms with van der Waals surface area (Å²) >= 11 is 0. The second kappa shape index (κ2) is 4.34. The Kier molecular flexibility index (Phi) is 2.97. The quantitative estimate of drug-likeness (QED) is 0.621. The lowest BCUT2D eigenvalue weighted by molar-refractivity contribution is -0.176. The standard InChI is InChI=1S/C18H22O4/c1-11-7-6-8-13(12(11)2)21-15(20)18-10-9-17(5,14(19)22-18)16(18,3)4/h6-8H,9-10H2,1-5H3. The third-order valence-corrected chi connectivity index (χ3v) is 6.17. The van der Waals surface area contributed by atoms with Crippen LogP contribution < -0.4 is 4.74 Å². The second-order valence-electron chi connectivity index (χ2n) is 7.26. The van der Waals surface area contributed by atoms with Gasteiger partial charge in [-0.2, -0.15) is 0 Å². The summed E-state index contributed by atoms with van der Waals surface area (Å²) < 4.78 is 11.2. The summed E-state index contributed by atoms with van der Waals surface area (Å²) in [7, 11) is 0. The first-order chi connectivity index (χ1) is 10.2. The minimum atomic E-state index is -1.17.